The molecular weight excluding hydrogens is 350 g/mol. The third-order valence-corrected chi connectivity index (χ3v) is 4.42. The number of carbonyl (C=O) groups is 1. The van der Waals surface area contributed by atoms with Crippen LogP contribution in [0.4, 0.5) is 0 Å². The van der Waals surface area contributed by atoms with Crippen molar-refractivity contribution in [3.63, 3.8) is 0 Å². The van der Waals surface area contributed by atoms with E-state index in [2.05, 4.69) is 10.4 Å². The minimum Gasteiger partial charge on any atom is -0.491 e. The number of amides is 1. The molecule has 1 heterocycles. The molecule has 3 rings (SSSR count). The molecule has 2 aromatic carbocycles. The molecule has 0 aliphatic heterocycles. The Balaban J connectivity index is 1.61. The highest BCUT2D eigenvalue weighted by Crippen LogP contribution is 2.23. The van der Waals surface area contributed by atoms with Crippen molar-refractivity contribution < 1.29 is 9.53 Å². The molecule has 146 valence electrons. The summed E-state index contributed by atoms with van der Waals surface area (Å²) in [5.41, 5.74) is 4.77. The molecule has 1 N–H and O–H groups in total. The number of hydrogen-bond acceptors (Lipinski definition) is 3. The number of aryl methyl sites for hydroxylation is 2. The van der Waals surface area contributed by atoms with Crippen molar-refractivity contribution in [2.45, 2.75) is 33.3 Å². The first-order valence-corrected chi connectivity index (χ1v) is 9.57. The van der Waals surface area contributed by atoms with Gasteiger partial charge in [-0.15, -0.1) is 0 Å². The highest BCUT2D eigenvalue weighted by Gasteiger charge is 2.10. The Hall–Kier alpha value is -3.08. The summed E-state index contributed by atoms with van der Waals surface area (Å²) in [5, 5.41) is 7.38. The van der Waals surface area contributed by atoms with E-state index in [1.807, 2.05) is 82.5 Å². The van der Waals surface area contributed by atoms with Crippen LogP contribution in [0.1, 0.15) is 35.5 Å². The Labute approximate surface area is 166 Å². The predicted molar refractivity (Wildman–Crippen MR) is 112 cm³/mol. The van der Waals surface area contributed by atoms with Gasteiger partial charge in [0.2, 0.25) is 0 Å². The van der Waals surface area contributed by atoms with Gasteiger partial charge in [-0.05, 0) is 62.6 Å². The number of benzene rings is 2. The number of rotatable bonds is 7. The molecule has 0 bridgehead atoms. The van der Waals surface area contributed by atoms with Gasteiger partial charge in [0.05, 0.1) is 11.8 Å². The minimum absolute atomic E-state index is 0.0713. The summed E-state index contributed by atoms with van der Waals surface area (Å²) < 4.78 is 7.51. The first-order chi connectivity index (χ1) is 13.4. The predicted octanol–water partition coefficient (Wildman–Crippen LogP) is 4.16. The molecule has 0 radical (unpaired) electrons. The van der Waals surface area contributed by atoms with Gasteiger partial charge < -0.3 is 10.1 Å². The minimum atomic E-state index is -0.0713. The smallest absolute Gasteiger partial charge is 0.251 e. The lowest BCUT2D eigenvalue weighted by Crippen LogP contribution is -2.25. The van der Waals surface area contributed by atoms with Gasteiger partial charge in [-0.3, -0.25) is 9.48 Å². The average Bonchev–Trinajstić information content (AvgIpc) is 3.00. The number of nitrogens with one attached hydrogen (secondary N) is 1. The topological polar surface area (TPSA) is 56.2 Å². The molecule has 0 fully saturated rings. The number of aromatic nitrogens is 2. The quantitative estimate of drug-likeness (QED) is 0.673. The molecule has 0 spiro atoms. The zero-order valence-corrected chi connectivity index (χ0v) is 16.9. The van der Waals surface area contributed by atoms with Crippen molar-refractivity contribution in [2.24, 2.45) is 7.05 Å². The second kappa shape index (κ2) is 8.74. The molecule has 5 nitrogen and oxygen atoms in total. The molecule has 0 aliphatic rings. The van der Waals surface area contributed by atoms with E-state index in [1.54, 1.807) is 4.68 Å². The van der Waals surface area contributed by atoms with Crippen LogP contribution in [-0.4, -0.2) is 28.3 Å². The van der Waals surface area contributed by atoms with E-state index in [-0.39, 0.29) is 12.0 Å². The summed E-state index contributed by atoms with van der Waals surface area (Å²) in [6.07, 6.45) is 2.87. The summed E-state index contributed by atoms with van der Waals surface area (Å²) in [4.78, 5) is 12.6. The molecule has 1 amide bonds. The molecule has 1 aromatic heterocycles. The maximum absolute atomic E-state index is 12.6. The van der Waals surface area contributed by atoms with Crippen LogP contribution in [0.25, 0.3) is 11.1 Å². The number of ether oxygens (including phenoxy) is 1. The van der Waals surface area contributed by atoms with Crippen LogP contribution in [0.3, 0.4) is 0 Å². The van der Waals surface area contributed by atoms with E-state index in [9.17, 15) is 4.79 Å². The van der Waals surface area contributed by atoms with Crippen molar-refractivity contribution in [2.75, 3.05) is 6.54 Å². The third-order valence-electron chi connectivity index (χ3n) is 4.42. The Kier molecular flexibility index (Phi) is 6.14. The lowest BCUT2D eigenvalue weighted by molar-refractivity contribution is 0.0954. The fourth-order valence-corrected chi connectivity index (χ4v) is 3.18. The summed E-state index contributed by atoms with van der Waals surface area (Å²) in [6.45, 7) is 6.56. The normalized spacial score (nSPS) is 10.9. The standard InChI is InChI=1S/C23H27N3O2/c1-16(2)28-21-10-5-7-18(13-21)11-12-24-23(27)20-9-6-8-19(14-20)22-15-26(4)25-17(22)3/h5-10,13-16H,11-12H2,1-4H3,(H,24,27). The van der Waals surface area contributed by atoms with Gasteiger partial charge in [0.25, 0.3) is 5.91 Å². The molecular formula is C23H27N3O2. The highest BCUT2D eigenvalue weighted by molar-refractivity contribution is 5.95. The fraction of sp³-hybridized carbons (Fsp3) is 0.304. The molecule has 28 heavy (non-hydrogen) atoms. The molecule has 0 saturated carbocycles. The van der Waals surface area contributed by atoms with Gasteiger partial charge in [0.15, 0.2) is 0 Å². The second-order valence-electron chi connectivity index (χ2n) is 7.20. The molecule has 5 heteroatoms. The monoisotopic (exact) mass is 377 g/mol. The molecule has 3 aromatic rings. The number of carbonyl (C=O) groups excluding carboxylic acids is 1. The maximum atomic E-state index is 12.6. The van der Waals surface area contributed by atoms with Gasteiger partial charge >= 0.3 is 0 Å². The van der Waals surface area contributed by atoms with Crippen LogP contribution >= 0.6 is 0 Å². The van der Waals surface area contributed by atoms with Gasteiger partial charge in [0.1, 0.15) is 5.75 Å². The number of hydrogen-bond donors (Lipinski definition) is 1. The number of nitrogens with zero attached hydrogens (tertiary/aromatic N) is 2. The third kappa shape index (κ3) is 5.00. The zero-order chi connectivity index (χ0) is 20.1. The van der Waals surface area contributed by atoms with Gasteiger partial charge in [-0.25, -0.2) is 0 Å². The van der Waals surface area contributed by atoms with E-state index >= 15 is 0 Å². The van der Waals surface area contributed by atoms with Crippen molar-refractivity contribution >= 4 is 5.91 Å². The lowest BCUT2D eigenvalue weighted by Gasteiger charge is -2.11. The highest BCUT2D eigenvalue weighted by atomic mass is 16.5. The second-order valence-corrected chi connectivity index (χ2v) is 7.20. The maximum Gasteiger partial charge on any atom is 0.251 e. The Morgan fingerprint density at radius 3 is 2.68 bits per heavy atom. The van der Waals surface area contributed by atoms with E-state index in [0.29, 0.717) is 12.1 Å². The summed E-state index contributed by atoms with van der Waals surface area (Å²) in [6, 6.07) is 15.7. The van der Waals surface area contributed by atoms with Crippen molar-refractivity contribution in [3.8, 4) is 16.9 Å². The molecule has 0 atom stereocenters. The van der Waals surface area contributed by atoms with E-state index in [0.717, 1.165) is 34.6 Å². The van der Waals surface area contributed by atoms with Gasteiger partial charge in [0, 0.05) is 30.9 Å². The molecule has 0 unspecified atom stereocenters. The SMILES string of the molecule is Cc1nn(C)cc1-c1cccc(C(=O)NCCc2cccc(OC(C)C)c2)c1. The molecule has 0 aliphatic carbocycles. The lowest BCUT2D eigenvalue weighted by atomic mass is 10.0. The van der Waals surface area contributed by atoms with Crippen LogP contribution in [0.5, 0.6) is 5.75 Å². The van der Waals surface area contributed by atoms with Crippen molar-refractivity contribution in [1.82, 2.24) is 15.1 Å². The molecule has 0 saturated heterocycles. The van der Waals surface area contributed by atoms with Crippen LogP contribution in [-0.2, 0) is 13.5 Å². The Morgan fingerprint density at radius 2 is 1.96 bits per heavy atom. The van der Waals surface area contributed by atoms with E-state index in [1.165, 1.54) is 0 Å². The first kappa shape index (κ1) is 19.7. The average molecular weight is 377 g/mol. The van der Waals surface area contributed by atoms with Crippen LogP contribution < -0.4 is 10.1 Å². The van der Waals surface area contributed by atoms with E-state index < -0.39 is 0 Å². The summed E-state index contributed by atoms with van der Waals surface area (Å²) in [5.74, 6) is 0.788. The van der Waals surface area contributed by atoms with Crippen LogP contribution in [0, 0.1) is 6.92 Å². The van der Waals surface area contributed by atoms with Crippen molar-refractivity contribution in [3.05, 3.63) is 71.5 Å². The van der Waals surface area contributed by atoms with Crippen LogP contribution in [0.2, 0.25) is 0 Å². The van der Waals surface area contributed by atoms with Crippen LogP contribution in [0.15, 0.2) is 54.7 Å². The van der Waals surface area contributed by atoms with Gasteiger partial charge in [-0.1, -0.05) is 24.3 Å². The summed E-state index contributed by atoms with van der Waals surface area (Å²) in [7, 11) is 1.90. The Bertz CT molecular complexity index is 960. The zero-order valence-electron chi connectivity index (χ0n) is 16.9. The van der Waals surface area contributed by atoms with Crippen molar-refractivity contribution in [1.29, 1.82) is 0 Å². The Morgan fingerprint density at radius 1 is 1.18 bits per heavy atom. The largest absolute Gasteiger partial charge is 0.491 e. The summed E-state index contributed by atoms with van der Waals surface area (Å²) >= 11 is 0. The van der Waals surface area contributed by atoms with E-state index in [4.69, 9.17) is 4.74 Å². The fourth-order valence-electron chi connectivity index (χ4n) is 3.18. The first-order valence-electron chi connectivity index (χ1n) is 9.57. The van der Waals surface area contributed by atoms with Gasteiger partial charge in [-0.2, -0.15) is 5.10 Å².